The van der Waals surface area contributed by atoms with Crippen LogP contribution in [0.5, 0.6) is 11.5 Å². The molecule has 7 nitrogen and oxygen atoms in total. The van der Waals surface area contributed by atoms with Crippen LogP contribution in [0.2, 0.25) is 0 Å². The van der Waals surface area contributed by atoms with Crippen LogP contribution in [0, 0.1) is 5.82 Å². The highest BCUT2D eigenvalue weighted by Gasteiger charge is 2.23. The van der Waals surface area contributed by atoms with Crippen LogP contribution < -0.4 is 15.8 Å². The molecule has 2 aromatic heterocycles. The lowest BCUT2D eigenvalue weighted by Gasteiger charge is -2.23. The van der Waals surface area contributed by atoms with Gasteiger partial charge in [-0.3, -0.25) is 0 Å². The maximum atomic E-state index is 13.4. The van der Waals surface area contributed by atoms with Crippen molar-refractivity contribution in [3.8, 4) is 22.8 Å². The Morgan fingerprint density at radius 1 is 1.10 bits per heavy atom. The molecule has 1 saturated heterocycles. The normalized spacial score (nSPS) is 16.6. The van der Waals surface area contributed by atoms with E-state index < -0.39 is 0 Å². The number of fused-ring (bicyclic) bond motifs is 1. The van der Waals surface area contributed by atoms with Crippen LogP contribution in [0.4, 0.5) is 10.2 Å². The monoisotopic (exact) mass is 404 g/mol. The number of ether oxygens (including phenoxy) is 1. The second-order valence-electron chi connectivity index (χ2n) is 7.33. The number of hydrogen-bond acceptors (Lipinski definition) is 6. The summed E-state index contributed by atoms with van der Waals surface area (Å²) in [5.74, 6) is 1.12. The molecule has 2 aromatic carbocycles. The van der Waals surface area contributed by atoms with Gasteiger partial charge in [-0.1, -0.05) is 6.07 Å². The first-order valence-corrected chi connectivity index (χ1v) is 9.92. The molecule has 3 N–H and O–H groups in total. The van der Waals surface area contributed by atoms with Crippen molar-refractivity contribution in [3.63, 3.8) is 0 Å². The summed E-state index contributed by atoms with van der Waals surface area (Å²) in [6.07, 6.45) is 3.60. The summed E-state index contributed by atoms with van der Waals surface area (Å²) in [6.45, 7) is 1.87. The fraction of sp³-hybridized carbons (Fsp3) is 0.227. The van der Waals surface area contributed by atoms with E-state index in [1.807, 2.05) is 28.9 Å². The molecule has 0 aliphatic carbocycles. The Labute approximate surface area is 172 Å². The van der Waals surface area contributed by atoms with Crippen molar-refractivity contribution in [2.45, 2.75) is 18.9 Å². The summed E-state index contributed by atoms with van der Waals surface area (Å²) in [5.41, 5.74) is 8.57. The van der Waals surface area contributed by atoms with Crippen molar-refractivity contribution in [2.24, 2.45) is 0 Å². The lowest BCUT2D eigenvalue weighted by Crippen LogP contribution is -2.32. The van der Waals surface area contributed by atoms with Gasteiger partial charge in [-0.25, -0.2) is 19.0 Å². The van der Waals surface area contributed by atoms with Gasteiger partial charge in [-0.15, -0.1) is 0 Å². The van der Waals surface area contributed by atoms with E-state index in [9.17, 15) is 4.39 Å². The number of halogens is 1. The molecule has 0 amide bonds. The molecule has 30 heavy (non-hydrogen) atoms. The Morgan fingerprint density at radius 2 is 1.97 bits per heavy atom. The zero-order chi connectivity index (χ0) is 20.5. The van der Waals surface area contributed by atoms with Crippen LogP contribution in [0.15, 0.2) is 54.9 Å². The van der Waals surface area contributed by atoms with Crippen LogP contribution in [0.3, 0.4) is 0 Å². The quantitative estimate of drug-likeness (QED) is 0.536. The summed E-state index contributed by atoms with van der Waals surface area (Å²) in [4.78, 5) is 8.64. The third-order valence-corrected chi connectivity index (χ3v) is 5.29. The van der Waals surface area contributed by atoms with E-state index in [0.717, 1.165) is 48.2 Å². The van der Waals surface area contributed by atoms with Gasteiger partial charge >= 0.3 is 0 Å². The molecule has 4 aromatic rings. The molecule has 0 unspecified atom stereocenters. The molecule has 0 radical (unpaired) electrons. The van der Waals surface area contributed by atoms with Crippen molar-refractivity contribution < 1.29 is 9.13 Å². The lowest BCUT2D eigenvalue weighted by molar-refractivity contribution is 0.354. The summed E-state index contributed by atoms with van der Waals surface area (Å²) in [5, 5.41) is 9.04. The molecule has 3 heterocycles. The van der Waals surface area contributed by atoms with Crippen molar-refractivity contribution in [2.75, 3.05) is 18.8 Å². The van der Waals surface area contributed by atoms with Gasteiger partial charge in [0.2, 0.25) is 0 Å². The Kier molecular flexibility index (Phi) is 4.76. The van der Waals surface area contributed by atoms with Gasteiger partial charge < -0.3 is 15.8 Å². The van der Waals surface area contributed by atoms with E-state index in [4.69, 9.17) is 15.6 Å². The van der Waals surface area contributed by atoms with Gasteiger partial charge in [0.15, 0.2) is 5.65 Å². The van der Waals surface area contributed by atoms with E-state index in [0.29, 0.717) is 17.3 Å². The maximum absolute atomic E-state index is 13.4. The number of rotatable bonds is 4. The van der Waals surface area contributed by atoms with E-state index in [1.54, 1.807) is 12.1 Å². The number of nitrogens with two attached hydrogens (primary N) is 1. The molecule has 0 saturated carbocycles. The van der Waals surface area contributed by atoms with Gasteiger partial charge in [-0.05, 0) is 55.8 Å². The summed E-state index contributed by atoms with van der Waals surface area (Å²) in [7, 11) is 0. The molecule has 5 rings (SSSR count). The maximum Gasteiger partial charge on any atom is 0.164 e. The van der Waals surface area contributed by atoms with E-state index in [1.165, 1.54) is 18.5 Å². The third kappa shape index (κ3) is 3.46. The number of nitrogens with zero attached hydrogens (tertiary/aromatic N) is 4. The molecular weight excluding hydrogens is 383 g/mol. The molecule has 1 fully saturated rings. The molecule has 8 heteroatoms. The fourth-order valence-electron chi connectivity index (χ4n) is 3.84. The predicted molar refractivity (Wildman–Crippen MR) is 113 cm³/mol. The van der Waals surface area contributed by atoms with Crippen molar-refractivity contribution >= 4 is 16.9 Å². The first kappa shape index (κ1) is 18.5. The summed E-state index contributed by atoms with van der Waals surface area (Å²) in [6, 6.07) is 13.7. The number of anilines is 1. The smallest absolute Gasteiger partial charge is 0.164 e. The average Bonchev–Trinajstić information content (AvgIpc) is 3.16. The SMILES string of the molecule is Nc1ncnc2c1c(-c1ccc(Oc3cccc(F)c3)cc1)nn2[C@@H]1CCCNC1. The number of aromatic nitrogens is 4. The van der Waals surface area contributed by atoms with E-state index in [-0.39, 0.29) is 11.9 Å². The molecule has 1 atom stereocenters. The molecular formula is C22H21FN6O. The molecule has 0 spiro atoms. The second-order valence-corrected chi connectivity index (χ2v) is 7.33. The fourth-order valence-corrected chi connectivity index (χ4v) is 3.84. The highest BCUT2D eigenvalue weighted by molar-refractivity contribution is 5.98. The highest BCUT2D eigenvalue weighted by atomic mass is 19.1. The Hall–Kier alpha value is -3.52. The second kappa shape index (κ2) is 7.72. The molecule has 1 aliphatic heterocycles. The van der Waals surface area contributed by atoms with Gasteiger partial charge in [0.1, 0.15) is 35.2 Å². The van der Waals surface area contributed by atoms with E-state index >= 15 is 0 Å². The van der Waals surface area contributed by atoms with E-state index in [2.05, 4.69) is 15.3 Å². The van der Waals surface area contributed by atoms with Crippen LogP contribution in [0.25, 0.3) is 22.3 Å². The Balaban J connectivity index is 1.51. The largest absolute Gasteiger partial charge is 0.457 e. The number of nitrogens with one attached hydrogen (secondary N) is 1. The molecule has 0 bridgehead atoms. The van der Waals surface area contributed by atoms with Gasteiger partial charge in [0.25, 0.3) is 0 Å². The van der Waals surface area contributed by atoms with Crippen molar-refractivity contribution in [1.82, 2.24) is 25.1 Å². The predicted octanol–water partition coefficient (Wildman–Crippen LogP) is 3.93. The molecule has 152 valence electrons. The van der Waals surface area contributed by atoms with Gasteiger partial charge in [0.05, 0.1) is 11.4 Å². The highest BCUT2D eigenvalue weighted by Crippen LogP contribution is 2.34. The average molecular weight is 404 g/mol. The van der Waals surface area contributed by atoms with Crippen molar-refractivity contribution in [3.05, 3.63) is 60.7 Å². The molecule has 1 aliphatic rings. The standard InChI is InChI=1S/C22H21FN6O/c23-15-3-1-5-18(11-15)30-17-8-6-14(7-9-17)20-19-21(24)26-13-27-22(19)29(28-20)16-4-2-10-25-12-16/h1,3,5-9,11,13,16,25H,2,4,10,12H2,(H2,24,26,27)/t16-/m1/s1. The Morgan fingerprint density at radius 3 is 2.73 bits per heavy atom. The Bertz CT molecular complexity index is 1180. The first-order valence-electron chi connectivity index (χ1n) is 9.92. The van der Waals surface area contributed by atoms with Crippen LogP contribution in [-0.2, 0) is 0 Å². The number of benzene rings is 2. The minimum absolute atomic E-state index is 0.222. The summed E-state index contributed by atoms with van der Waals surface area (Å²) < 4.78 is 21.1. The first-order chi connectivity index (χ1) is 14.7. The van der Waals surface area contributed by atoms with Gasteiger partial charge in [-0.2, -0.15) is 5.10 Å². The third-order valence-electron chi connectivity index (χ3n) is 5.29. The topological polar surface area (TPSA) is 90.9 Å². The number of nitrogen functional groups attached to an aromatic ring is 1. The van der Waals surface area contributed by atoms with Crippen LogP contribution in [-0.4, -0.2) is 32.8 Å². The van der Waals surface area contributed by atoms with Crippen molar-refractivity contribution in [1.29, 1.82) is 0 Å². The number of hydrogen-bond donors (Lipinski definition) is 2. The van der Waals surface area contributed by atoms with Crippen LogP contribution in [0.1, 0.15) is 18.9 Å². The minimum Gasteiger partial charge on any atom is -0.457 e. The number of piperidine rings is 1. The summed E-state index contributed by atoms with van der Waals surface area (Å²) >= 11 is 0. The zero-order valence-corrected chi connectivity index (χ0v) is 16.3. The zero-order valence-electron chi connectivity index (χ0n) is 16.3. The lowest BCUT2D eigenvalue weighted by atomic mass is 10.1. The van der Waals surface area contributed by atoms with Crippen LogP contribution >= 0.6 is 0 Å². The van der Waals surface area contributed by atoms with Gasteiger partial charge in [0, 0.05) is 18.2 Å². The minimum atomic E-state index is -0.339.